The van der Waals surface area contributed by atoms with Crippen LogP contribution in [0, 0.1) is 12.8 Å². The van der Waals surface area contributed by atoms with Crippen molar-refractivity contribution in [1.82, 2.24) is 9.80 Å². The first kappa shape index (κ1) is 19.6. The maximum atomic E-state index is 13.3. The highest BCUT2D eigenvalue weighted by atomic mass is 32.1. The maximum Gasteiger partial charge on any atom is 0.242 e. The molecule has 1 atom stereocenters. The van der Waals surface area contributed by atoms with Gasteiger partial charge < -0.3 is 9.80 Å². The van der Waals surface area contributed by atoms with Crippen molar-refractivity contribution in [1.29, 1.82) is 0 Å². The fraction of sp³-hybridized carbons (Fsp3) is 0.455. The zero-order chi connectivity index (χ0) is 19.6. The largest absolute Gasteiger partial charge is 0.333 e. The SMILES string of the molecule is CC(=O)N(CC(=O)N1CCc2sccc2C1c1ccccc1C)CC(C)C. The van der Waals surface area contributed by atoms with Crippen molar-refractivity contribution in [2.75, 3.05) is 19.6 Å². The Balaban J connectivity index is 1.92. The van der Waals surface area contributed by atoms with Gasteiger partial charge in [0.2, 0.25) is 11.8 Å². The number of rotatable bonds is 5. The number of fused-ring (bicyclic) bond motifs is 1. The number of aryl methyl sites for hydroxylation is 1. The zero-order valence-electron chi connectivity index (χ0n) is 16.6. The summed E-state index contributed by atoms with van der Waals surface area (Å²) in [5, 5.41) is 2.12. The molecule has 1 aromatic heterocycles. The van der Waals surface area contributed by atoms with Crippen LogP contribution in [-0.4, -0.2) is 41.2 Å². The molecule has 0 bridgehead atoms. The number of hydrogen-bond donors (Lipinski definition) is 0. The summed E-state index contributed by atoms with van der Waals surface area (Å²) < 4.78 is 0. The highest BCUT2D eigenvalue weighted by Gasteiger charge is 2.34. The summed E-state index contributed by atoms with van der Waals surface area (Å²) in [6.45, 7) is 9.22. The van der Waals surface area contributed by atoms with E-state index >= 15 is 0 Å². The van der Waals surface area contributed by atoms with Gasteiger partial charge >= 0.3 is 0 Å². The van der Waals surface area contributed by atoms with Crippen LogP contribution in [0.3, 0.4) is 0 Å². The summed E-state index contributed by atoms with van der Waals surface area (Å²) >= 11 is 1.77. The monoisotopic (exact) mass is 384 g/mol. The topological polar surface area (TPSA) is 40.6 Å². The zero-order valence-corrected chi connectivity index (χ0v) is 17.4. The van der Waals surface area contributed by atoms with Crippen LogP contribution in [-0.2, 0) is 16.0 Å². The summed E-state index contributed by atoms with van der Waals surface area (Å²) in [4.78, 5) is 30.3. The Morgan fingerprint density at radius 1 is 1.22 bits per heavy atom. The third-order valence-electron chi connectivity index (χ3n) is 5.13. The molecule has 2 heterocycles. The summed E-state index contributed by atoms with van der Waals surface area (Å²) in [6.07, 6.45) is 0.880. The van der Waals surface area contributed by atoms with Crippen LogP contribution in [0.1, 0.15) is 48.4 Å². The molecule has 4 nitrogen and oxygen atoms in total. The summed E-state index contributed by atoms with van der Waals surface area (Å²) in [5.41, 5.74) is 3.58. The normalized spacial score (nSPS) is 16.3. The van der Waals surface area contributed by atoms with Crippen LogP contribution in [0.5, 0.6) is 0 Å². The van der Waals surface area contributed by atoms with E-state index in [0.29, 0.717) is 19.0 Å². The van der Waals surface area contributed by atoms with Crippen molar-refractivity contribution >= 4 is 23.2 Å². The number of thiophene rings is 1. The highest BCUT2D eigenvalue weighted by Crippen LogP contribution is 2.38. The Labute approximate surface area is 165 Å². The lowest BCUT2D eigenvalue weighted by molar-refractivity contribution is -0.141. The Hall–Kier alpha value is -2.14. The molecule has 0 aliphatic carbocycles. The lowest BCUT2D eigenvalue weighted by atomic mass is 9.90. The molecule has 0 saturated heterocycles. The second kappa shape index (κ2) is 8.26. The van der Waals surface area contributed by atoms with E-state index in [1.807, 2.05) is 17.0 Å². The van der Waals surface area contributed by atoms with Gasteiger partial charge in [0.15, 0.2) is 0 Å². The molecule has 1 aliphatic rings. The predicted octanol–water partition coefficient (Wildman–Crippen LogP) is 4.04. The Morgan fingerprint density at radius 3 is 2.63 bits per heavy atom. The van der Waals surface area contributed by atoms with Gasteiger partial charge in [-0.05, 0) is 47.4 Å². The van der Waals surface area contributed by atoms with Gasteiger partial charge in [0.05, 0.1) is 12.6 Å². The van der Waals surface area contributed by atoms with Gasteiger partial charge in [-0.2, -0.15) is 0 Å². The maximum absolute atomic E-state index is 13.3. The molecule has 1 aromatic carbocycles. The average Bonchev–Trinajstić information content (AvgIpc) is 3.09. The molecule has 0 fully saturated rings. The van der Waals surface area contributed by atoms with Crippen molar-refractivity contribution < 1.29 is 9.59 Å². The molecule has 0 N–H and O–H groups in total. The van der Waals surface area contributed by atoms with E-state index in [1.54, 1.807) is 23.2 Å². The Bertz CT molecular complexity index is 827. The molecule has 2 aromatic rings. The molecular weight excluding hydrogens is 356 g/mol. The van der Waals surface area contributed by atoms with Crippen molar-refractivity contribution in [2.24, 2.45) is 5.92 Å². The second-order valence-electron chi connectivity index (χ2n) is 7.69. The van der Waals surface area contributed by atoms with Gasteiger partial charge in [-0.3, -0.25) is 9.59 Å². The van der Waals surface area contributed by atoms with Gasteiger partial charge in [0.25, 0.3) is 0 Å². The van der Waals surface area contributed by atoms with Crippen LogP contribution in [0.4, 0.5) is 0 Å². The minimum atomic E-state index is -0.0680. The van der Waals surface area contributed by atoms with Crippen molar-refractivity contribution in [3.05, 3.63) is 57.3 Å². The fourth-order valence-corrected chi connectivity index (χ4v) is 4.72. The van der Waals surface area contributed by atoms with E-state index in [0.717, 1.165) is 6.42 Å². The highest BCUT2D eigenvalue weighted by molar-refractivity contribution is 7.10. The molecular formula is C22H28N2O2S. The van der Waals surface area contributed by atoms with E-state index in [2.05, 4.69) is 44.4 Å². The van der Waals surface area contributed by atoms with Gasteiger partial charge in [-0.25, -0.2) is 0 Å². The van der Waals surface area contributed by atoms with Crippen LogP contribution >= 0.6 is 11.3 Å². The van der Waals surface area contributed by atoms with E-state index in [-0.39, 0.29) is 24.4 Å². The minimum absolute atomic E-state index is 0.0240. The molecule has 2 amide bonds. The number of benzene rings is 1. The van der Waals surface area contributed by atoms with Crippen LogP contribution in [0.15, 0.2) is 35.7 Å². The Morgan fingerprint density at radius 2 is 1.96 bits per heavy atom. The van der Waals surface area contributed by atoms with Gasteiger partial charge in [0.1, 0.15) is 0 Å². The van der Waals surface area contributed by atoms with Gasteiger partial charge in [0, 0.05) is 24.9 Å². The van der Waals surface area contributed by atoms with Gasteiger partial charge in [-0.15, -0.1) is 11.3 Å². The molecule has 27 heavy (non-hydrogen) atoms. The third kappa shape index (κ3) is 4.24. The van der Waals surface area contributed by atoms with E-state index in [1.165, 1.54) is 21.6 Å². The fourth-order valence-electron chi connectivity index (χ4n) is 3.81. The smallest absolute Gasteiger partial charge is 0.242 e. The summed E-state index contributed by atoms with van der Waals surface area (Å²) in [6, 6.07) is 10.4. The van der Waals surface area contributed by atoms with E-state index in [4.69, 9.17) is 0 Å². The molecule has 3 rings (SSSR count). The minimum Gasteiger partial charge on any atom is -0.333 e. The van der Waals surface area contributed by atoms with E-state index in [9.17, 15) is 9.59 Å². The molecule has 1 unspecified atom stereocenters. The van der Waals surface area contributed by atoms with Crippen molar-refractivity contribution in [3.63, 3.8) is 0 Å². The van der Waals surface area contributed by atoms with Crippen LogP contribution in [0.2, 0.25) is 0 Å². The first-order valence-electron chi connectivity index (χ1n) is 9.55. The molecule has 0 saturated carbocycles. The van der Waals surface area contributed by atoms with Gasteiger partial charge in [-0.1, -0.05) is 38.1 Å². The molecule has 0 radical (unpaired) electrons. The first-order valence-corrected chi connectivity index (χ1v) is 10.4. The number of carbonyl (C=O) groups excluding carboxylic acids is 2. The predicted molar refractivity (Wildman–Crippen MR) is 110 cm³/mol. The number of hydrogen-bond acceptors (Lipinski definition) is 3. The van der Waals surface area contributed by atoms with Crippen LogP contribution in [0.25, 0.3) is 0 Å². The lowest BCUT2D eigenvalue weighted by Crippen LogP contribution is -2.47. The standard InChI is InChI=1S/C22H28N2O2S/c1-15(2)13-23(17(4)25)14-21(26)24-11-9-20-19(10-12-27-20)22(24)18-8-6-5-7-16(18)3/h5-8,10,12,15,22H,9,11,13-14H2,1-4H3. The summed E-state index contributed by atoms with van der Waals surface area (Å²) in [5.74, 6) is 0.312. The average molecular weight is 385 g/mol. The molecule has 144 valence electrons. The molecule has 5 heteroatoms. The van der Waals surface area contributed by atoms with Crippen LogP contribution < -0.4 is 0 Å². The van der Waals surface area contributed by atoms with Crippen molar-refractivity contribution in [3.8, 4) is 0 Å². The molecule has 0 spiro atoms. The molecule has 1 aliphatic heterocycles. The second-order valence-corrected chi connectivity index (χ2v) is 8.69. The van der Waals surface area contributed by atoms with E-state index < -0.39 is 0 Å². The quantitative estimate of drug-likeness (QED) is 0.781. The van der Waals surface area contributed by atoms with Crippen molar-refractivity contribution in [2.45, 2.75) is 40.2 Å². The first-order chi connectivity index (χ1) is 12.9. The summed E-state index contributed by atoms with van der Waals surface area (Å²) in [7, 11) is 0. The Kier molecular flexibility index (Phi) is 6.00. The number of nitrogens with zero attached hydrogens (tertiary/aromatic N) is 2. The lowest BCUT2D eigenvalue weighted by Gasteiger charge is -2.38. The third-order valence-corrected chi connectivity index (χ3v) is 6.12. The number of carbonyl (C=O) groups is 2. The number of amides is 2.